The number of carbonyl (C=O) groups excluding carboxylic acids is 1. The molecular weight excluding hydrogens is 244 g/mol. The van der Waals surface area contributed by atoms with E-state index in [1.54, 1.807) is 11.3 Å². The molecule has 3 heterocycles. The molecule has 0 bridgehead atoms. The zero-order chi connectivity index (χ0) is 12.4. The van der Waals surface area contributed by atoms with Crippen LogP contribution in [0.4, 0.5) is 0 Å². The van der Waals surface area contributed by atoms with E-state index in [1.165, 1.54) is 5.56 Å². The Morgan fingerprint density at radius 1 is 1.33 bits per heavy atom. The van der Waals surface area contributed by atoms with Crippen LogP contribution >= 0.6 is 11.3 Å². The van der Waals surface area contributed by atoms with Crippen molar-refractivity contribution in [2.75, 3.05) is 19.6 Å². The first-order chi connectivity index (χ1) is 8.78. The van der Waals surface area contributed by atoms with Gasteiger partial charge >= 0.3 is 0 Å². The fourth-order valence-corrected chi connectivity index (χ4v) is 3.85. The summed E-state index contributed by atoms with van der Waals surface area (Å²) >= 11 is 1.76. The minimum atomic E-state index is -0.0383. The minimum absolute atomic E-state index is 0.0383. The van der Waals surface area contributed by atoms with Crippen molar-refractivity contribution in [3.8, 4) is 0 Å². The summed E-state index contributed by atoms with van der Waals surface area (Å²) in [5.41, 5.74) is 1.37. The van der Waals surface area contributed by atoms with E-state index in [0.29, 0.717) is 5.91 Å². The summed E-state index contributed by atoms with van der Waals surface area (Å²) < 4.78 is 0. The molecule has 0 saturated carbocycles. The van der Waals surface area contributed by atoms with Gasteiger partial charge in [0.05, 0.1) is 5.41 Å². The number of amides is 1. The van der Waals surface area contributed by atoms with Crippen LogP contribution in [-0.2, 0) is 11.3 Å². The Morgan fingerprint density at radius 2 is 2.17 bits per heavy atom. The Bertz CT molecular complexity index is 407. The number of piperidine rings is 2. The number of carbonyl (C=O) groups is 1. The predicted molar refractivity (Wildman–Crippen MR) is 73.5 cm³/mol. The Hall–Kier alpha value is -0.870. The van der Waals surface area contributed by atoms with Crippen molar-refractivity contribution in [1.29, 1.82) is 0 Å². The second-order valence-corrected chi connectivity index (χ2v) is 6.33. The minimum Gasteiger partial charge on any atom is -0.356 e. The number of hydrogen-bond acceptors (Lipinski definition) is 3. The molecule has 0 unspecified atom stereocenters. The SMILES string of the molecule is O=C1NCCCC12CCN(Cc1ccsc1)CC2. The Labute approximate surface area is 112 Å². The fraction of sp³-hybridized carbons (Fsp3) is 0.643. The van der Waals surface area contributed by atoms with Gasteiger partial charge < -0.3 is 5.32 Å². The van der Waals surface area contributed by atoms with Crippen molar-refractivity contribution < 1.29 is 4.79 Å². The first kappa shape index (κ1) is 12.2. The van der Waals surface area contributed by atoms with E-state index < -0.39 is 0 Å². The lowest BCUT2D eigenvalue weighted by atomic mass is 9.72. The van der Waals surface area contributed by atoms with Crippen LogP contribution in [0.2, 0.25) is 0 Å². The highest BCUT2D eigenvalue weighted by molar-refractivity contribution is 7.07. The molecule has 0 radical (unpaired) electrons. The van der Waals surface area contributed by atoms with Crippen molar-refractivity contribution >= 4 is 17.2 Å². The normalized spacial score (nSPS) is 24.1. The quantitative estimate of drug-likeness (QED) is 0.888. The third-order valence-corrected chi connectivity index (χ3v) is 5.13. The Morgan fingerprint density at radius 3 is 2.83 bits per heavy atom. The molecule has 98 valence electrons. The van der Waals surface area contributed by atoms with E-state index >= 15 is 0 Å². The summed E-state index contributed by atoms with van der Waals surface area (Å²) in [4.78, 5) is 14.5. The topological polar surface area (TPSA) is 32.3 Å². The van der Waals surface area contributed by atoms with Crippen molar-refractivity contribution in [2.45, 2.75) is 32.2 Å². The maximum atomic E-state index is 12.1. The molecule has 1 aromatic heterocycles. The number of nitrogens with one attached hydrogen (secondary N) is 1. The third kappa shape index (κ3) is 2.31. The number of thiophene rings is 1. The molecule has 0 aliphatic carbocycles. The molecule has 0 aromatic carbocycles. The van der Waals surface area contributed by atoms with E-state index in [0.717, 1.165) is 51.9 Å². The lowest BCUT2D eigenvalue weighted by molar-refractivity contribution is -0.136. The van der Waals surface area contributed by atoms with Gasteiger partial charge in [0.15, 0.2) is 0 Å². The van der Waals surface area contributed by atoms with E-state index in [4.69, 9.17) is 0 Å². The number of likely N-dealkylation sites (tertiary alicyclic amines) is 1. The molecule has 1 amide bonds. The largest absolute Gasteiger partial charge is 0.356 e. The average Bonchev–Trinajstić information content (AvgIpc) is 2.89. The van der Waals surface area contributed by atoms with Crippen molar-refractivity contribution in [1.82, 2.24) is 10.2 Å². The maximum absolute atomic E-state index is 12.1. The van der Waals surface area contributed by atoms with Gasteiger partial charge in [-0.05, 0) is 61.2 Å². The highest BCUT2D eigenvalue weighted by Gasteiger charge is 2.42. The van der Waals surface area contributed by atoms with Gasteiger partial charge in [0, 0.05) is 13.1 Å². The van der Waals surface area contributed by atoms with Gasteiger partial charge in [-0.25, -0.2) is 0 Å². The van der Waals surface area contributed by atoms with Gasteiger partial charge in [0.2, 0.25) is 5.91 Å². The summed E-state index contributed by atoms with van der Waals surface area (Å²) in [6.45, 7) is 4.03. The van der Waals surface area contributed by atoms with E-state index in [-0.39, 0.29) is 5.41 Å². The zero-order valence-corrected chi connectivity index (χ0v) is 11.5. The molecule has 18 heavy (non-hydrogen) atoms. The monoisotopic (exact) mass is 264 g/mol. The van der Waals surface area contributed by atoms with Crippen LogP contribution < -0.4 is 5.32 Å². The zero-order valence-electron chi connectivity index (χ0n) is 10.7. The van der Waals surface area contributed by atoms with Crippen LogP contribution in [0, 0.1) is 5.41 Å². The lowest BCUT2D eigenvalue weighted by Gasteiger charge is -2.42. The molecule has 2 saturated heterocycles. The second-order valence-electron chi connectivity index (χ2n) is 5.55. The molecule has 1 spiro atoms. The Balaban J connectivity index is 1.59. The highest BCUT2D eigenvalue weighted by Crippen LogP contribution is 2.38. The molecule has 1 aromatic rings. The Kier molecular flexibility index (Phi) is 3.39. The molecule has 4 heteroatoms. The molecule has 0 atom stereocenters. The highest BCUT2D eigenvalue weighted by atomic mass is 32.1. The van der Waals surface area contributed by atoms with Gasteiger partial charge in [-0.2, -0.15) is 11.3 Å². The van der Waals surface area contributed by atoms with E-state index in [9.17, 15) is 4.79 Å². The van der Waals surface area contributed by atoms with Gasteiger partial charge in [0.25, 0.3) is 0 Å². The fourth-order valence-electron chi connectivity index (χ4n) is 3.19. The van der Waals surface area contributed by atoms with Gasteiger partial charge in [0.1, 0.15) is 0 Å². The van der Waals surface area contributed by atoms with Crippen molar-refractivity contribution in [3.63, 3.8) is 0 Å². The van der Waals surface area contributed by atoms with Crippen LogP contribution in [-0.4, -0.2) is 30.4 Å². The van der Waals surface area contributed by atoms with Crippen molar-refractivity contribution in [3.05, 3.63) is 22.4 Å². The third-order valence-electron chi connectivity index (χ3n) is 4.40. The van der Waals surface area contributed by atoms with Gasteiger partial charge in [-0.3, -0.25) is 9.69 Å². The lowest BCUT2D eigenvalue weighted by Crippen LogP contribution is -2.51. The summed E-state index contributed by atoms with van der Waals surface area (Å²) in [6.07, 6.45) is 4.30. The van der Waals surface area contributed by atoms with Crippen LogP contribution in [0.5, 0.6) is 0 Å². The molecule has 2 aliphatic heterocycles. The van der Waals surface area contributed by atoms with Crippen LogP contribution in [0.15, 0.2) is 16.8 Å². The molecule has 1 N–H and O–H groups in total. The van der Waals surface area contributed by atoms with Crippen LogP contribution in [0.1, 0.15) is 31.2 Å². The van der Waals surface area contributed by atoms with Crippen LogP contribution in [0.3, 0.4) is 0 Å². The number of nitrogens with zero attached hydrogens (tertiary/aromatic N) is 1. The number of rotatable bonds is 2. The molecule has 3 rings (SSSR count). The summed E-state index contributed by atoms with van der Waals surface area (Å²) in [5.74, 6) is 0.309. The molecule has 2 aliphatic rings. The maximum Gasteiger partial charge on any atom is 0.226 e. The molecular formula is C14H20N2OS. The smallest absolute Gasteiger partial charge is 0.226 e. The molecule has 3 nitrogen and oxygen atoms in total. The summed E-state index contributed by atoms with van der Waals surface area (Å²) in [5, 5.41) is 7.40. The first-order valence-electron chi connectivity index (χ1n) is 6.80. The van der Waals surface area contributed by atoms with Crippen molar-refractivity contribution in [2.24, 2.45) is 5.41 Å². The van der Waals surface area contributed by atoms with E-state index in [2.05, 4.69) is 27.0 Å². The summed E-state index contributed by atoms with van der Waals surface area (Å²) in [7, 11) is 0. The molecule has 2 fully saturated rings. The van der Waals surface area contributed by atoms with Gasteiger partial charge in [-0.1, -0.05) is 0 Å². The predicted octanol–water partition coefficient (Wildman–Crippen LogP) is 2.24. The van der Waals surface area contributed by atoms with Gasteiger partial charge in [-0.15, -0.1) is 0 Å². The van der Waals surface area contributed by atoms with Crippen LogP contribution in [0.25, 0.3) is 0 Å². The standard InChI is InChI=1S/C14H20N2OS/c17-13-14(3-1-6-15-13)4-7-16(8-5-14)10-12-2-9-18-11-12/h2,9,11H,1,3-8,10H2,(H,15,17). The first-order valence-corrected chi connectivity index (χ1v) is 7.75. The average molecular weight is 264 g/mol. The second kappa shape index (κ2) is 5.02. The summed E-state index contributed by atoms with van der Waals surface area (Å²) in [6, 6.07) is 2.20. The number of hydrogen-bond donors (Lipinski definition) is 1. The van der Waals surface area contributed by atoms with E-state index in [1.807, 2.05) is 0 Å².